The van der Waals surface area contributed by atoms with Crippen LogP contribution >= 0.6 is 0 Å². The van der Waals surface area contributed by atoms with Gasteiger partial charge < -0.3 is 5.32 Å². The van der Waals surface area contributed by atoms with Crippen LogP contribution in [0.25, 0.3) is 0 Å². The normalized spacial score (nSPS) is 11.4. The van der Waals surface area contributed by atoms with E-state index in [2.05, 4.69) is 36.3 Å². The van der Waals surface area contributed by atoms with Gasteiger partial charge in [0.15, 0.2) is 0 Å². The molecule has 0 aliphatic carbocycles. The van der Waals surface area contributed by atoms with E-state index in [9.17, 15) is 0 Å². The van der Waals surface area contributed by atoms with Crippen molar-refractivity contribution in [2.75, 3.05) is 11.9 Å². The zero-order valence-corrected chi connectivity index (χ0v) is 9.46. The highest BCUT2D eigenvalue weighted by molar-refractivity contribution is 5.35. The van der Waals surface area contributed by atoms with Crippen molar-refractivity contribution in [3.05, 3.63) is 17.8 Å². The maximum Gasteiger partial charge on any atom is 0.148 e. The van der Waals surface area contributed by atoms with Crippen LogP contribution in [0.3, 0.4) is 0 Å². The van der Waals surface area contributed by atoms with Gasteiger partial charge in [-0.2, -0.15) is 5.10 Å². The van der Waals surface area contributed by atoms with Crippen LogP contribution in [0.1, 0.15) is 32.8 Å². The smallest absolute Gasteiger partial charge is 0.148 e. The highest BCUT2D eigenvalue weighted by Crippen LogP contribution is 2.19. The number of aromatic nitrogens is 2. The van der Waals surface area contributed by atoms with E-state index in [1.807, 2.05) is 13.0 Å². The first-order chi connectivity index (χ1) is 6.53. The van der Waals surface area contributed by atoms with Gasteiger partial charge in [0.25, 0.3) is 0 Å². The zero-order chi connectivity index (χ0) is 10.6. The van der Waals surface area contributed by atoms with Crippen molar-refractivity contribution >= 4 is 5.82 Å². The number of anilines is 1. The largest absolute Gasteiger partial charge is 0.368 e. The van der Waals surface area contributed by atoms with Crippen molar-refractivity contribution < 1.29 is 0 Å². The molecule has 3 heteroatoms. The summed E-state index contributed by atoms with van der Waals surface area (Å²) in [7, 11) is 0. The van der Waals surface area contributed by atoms with E-state index in [1.165, 1.54) is 0 Å². The van der Waals surface area contributed by atoms with Crippen LogP contribution in [0.2, 0.25) is 0 Å². The Hall–Kier alpha value is -1.12. The molecule has 0 unspecified atom stereocenters. The Labute approximate surface area is 85.9 Å². The molecule has 0 aliphatic rings. The molecule has 0 spiro atoms. The van der Waals surface area contributed by atoms with Gasteiger partial charge in [0.2, 0.25) is 0 Å². The molecule has 0 saturated heterocycles. The highest BCUT2D eigenvalue weighted by Gasteiger charge is 2.14. The van der Waals surface area contributed by atoms with Gasteiger partial charge in [-0.05, 0) is 30.4 Å². The molecular weight excluding hydrogens is 174 g/mol. The Kier molecular flexibility index (Phi) is 3.44. The van der Waals surface area contributed by atoms with Gasteiger partial charge in [-0.25, -0.2) is 0 Å². The van der Waals surface area contributed by atoms with Crippen molar-refractivity contribution in [3.63, 3.8) is 0 Å². The Morgan fingerprint density at radius 2 is 2.14 bits per heavy atom. The van der Waals surface area contributed by atoms with Crippen LogP contribution in [0.15, 0.2) is 12.3 Å². The third kappa shape index (κ3) is 3.32. The van der Waals surface area contributed by atoms with E-state index in [4.69, 9.17) is 0 Å². The summed E-state index contributed by atoms with van der Waals surface area (Å²) >= 11 is 0. The van der Waals surface area contributed by atoms with Gasteiger partial charge in [-0.3, -0.25) is 0 Å². The quantitative estimate of drug-likeness (QED) is 0.798. The van der Waals surface area contributed by atoms with Crippen molar-refractivity contribution in [3.8, 4) is 0 Å². The van der Waals surface area contributed by atoms with Gasteiger partial charge in [0.05, 0.1) is 6.20 Å². The molecule has 1 heterocycles. The molecule has 1 rings (SSSR count). The molecule has 1 aromatic heterocycles. The molecule has 0 fully saturated rings. The van der Waals surface area contributed by atoms with Crippen molar-refractivity contribution in [1.82, 2.24) is 10.2 Å². The molecule has 14 heavy (non-hydrogen) atoms. The van der Waals surface area contributed by atoms with Crippen LogP contribution in [0, 0.1) is 12.3 Å². The molecule has 0 radical (unpaired) electrons. The third-order valence-corrected chi connectivity index (χ3v) is 2.50. The molecule has 1 aromatic rings. The average molecular weight is 193 g/mol. The Bertz CT molecular complexity index is 294. The number of aryl methyl sites for hydroxylation is 1. The van der Waals surface area contributed by atoms with E-state index in [0.717, 1.165) is 24.3 Å². The Balaban J connectivity index is 2.54. The van der Waals surface area contributed by atoms with Crippen LogP contribution in [-0.2, 0) is 0 Å². The maximum atomic E-state index is 4.02. The molecule has 78 valence electrons. The molecule has 0 bridgehead atoms. The number of hydrogen-bond acceptors (Lipinski definition) is 3. The fourth-order valence-corrected chi connectivity index (χ4v) is 1.01. The van der Waals surface area contributed by atoms with Gasteiger partial charge in [0.1, 0.15) is 5.82 Å². The third-order valence-electron chi connectivity index (χ3n) is 2.50. The lowest BCUT2D eigenvalue weighted by molar-refractivity contribution is 0.376. The summed E-state index contributed by atoms with van der Waals surface area (Å²) in [4.78, 5) is 0. The van der Waals surface area contributed by atoms with E-state index in [0.29, 0.717) is 5.41 Å². The highest BCUT2D eigenvalue weighted by atomic mass is 15.2. The first kappa shape index (κ1) is 11.0. The van der Waals surface area contributed by atoms with Crippen LogP contribution in [0.5, 0.6) is 0 Å². The van der Waals surface area contributed by atoms with Gasteiger partial charge in [-0.1, -0.05) is 20.8 Å². The number of nitrogens with zero attached hydrogens (tertiary/aromatic N) is 2. The molecule has 0 aliphatic heterocycles. The van der Waals surface area contributed by atoms with Crippen molar-refractivity contribution in [2.24, 2.45) is 5.41 Å². The summed E-state index contributed by atoms with van der Waals surface area (Å²) in [5.41, 5.74) is 1.45. The molecular formula is C11H19N3. The van der Waals surface area contributed by atoms with E-state index < -0.39 is 0 Å². The minimum Gasteiger partial charge on any atom is -0.368 e. The molecule has 0 saturated carbocycles. The van der Waals surface area contributed by atoms with Crippen molar-refractivity contribution in [2.45, 2.75) is 34.1 Å². The number of hydrogen-bond donors (Lipinski definition) is 1. The summed E-state index contributed by atoms with van der Waals surface area (Å²) in [6, 6.07) is 2.01. The Morgan fingerprint density at radius 1 is 1.43 bits per heavy atom. The second-order valence-electron chi connectivity index (χ2n) is 4.49. The number of rotatable bonds is 4. The molecule has 1 N–H and O–H groups in total. The van der Waals surface area contributed by atoms with Crippen LogP contribution in [-0.4, -0.2) is 16.7 Å². The maximum absolute atomic E-state index is 4.02. The molecule has 0 amide bonds. The lowest BCUT2D eigenvalue weighted by Crippen LogP contribution is -2.22. The Morgan fingerprint density at radius 3 is 2.71 bits per heavy atom. The summed E-state index contributed by atoms with van der Waals surface area (Å²) in [5.74, 6) is 0.867. The van der Waals surface area contributed by atoms with Gasteiger partial charge >= 0.3 is 0 Å². The van der Waals surface area contributed by atoms with E-state index >= 15 is 0 Å². The van der Waals surface area contributed by atoms with E-state index in [-0.39, 0.29) is 0 Å². The second kappa shape index (κ2) is 4.40. The summed E-state index contributed by atoms with van der Waals surface area (Å²) in [6.45, 7) is 9.63. The number of nitrogens with one attached hydrogen (secondary N) is 1. The molecule has 0 atom stereocenters. The van der Waals surface area contributed by atoms with Gasteiger partial charge in [-0.15, -0.1) is 5.10 Å². The molecule has 3 nitrogen and oxygen atoms in total. The van der Waals surface area contributed by atoms with E-state index in [1.54, 1.807) is 6.20 Å². The first-order valence-electron chi connectivity index (χ1n) is 5.07. The zero-order valence-electron chi connectivity index (χ0n) is 9.46. The lowest BCUT2D eigenvalue weighted by atomic mass is 9.90. The predicted molar refractivity (Wildman–Crippen MR) is 59.3 cm³/mol. The SMILES string of the molecule is CCC(C)(C)CNc1cc(C)cnn1. The second-order valence-corrected chi connectivity index (χ2v) is 4.49. The minimum atomic E-state index is 0.311. The average Bonchev–Trinajstić information content (AvgIpc) is 2.15. The fraction of sp³-hybridized carbons (Fsp3) is 0.636. The van der Waals surface area contributed by atoms with Crippen LogP contribution in [0.4, 0.5) is 5.82 Å². The predicted octanol–water partition coefficient (Wildman–Crippen LogP) is 2.63. The van der Waals surface area contributed by atoms with Crippen molar-refractivity contribution in [1.29, 1.82) is 0 Å². The summed E-state index contributed by atoms with van der Waals surface area (Å²) in [5, 5.41) is 11.2. The lowest BCUT2D eigenvalue weighted by Gasteiger charge is -2.22. The van der Waals surface area contributed by atoms with Crippen LogP contribution < -0.4 is 5.32 Å². The van der Waals surface area contributed by atoms with Gasteiger partial charge in [0, 0.05) is 6.54 Å². The standard InChI is InChI=1S/C11H19N3/c1-5-11(3,4)8-12-10-6-9(2)7-13-14-10/h6-7H,5,8H2,1-4H3,(H,12,14). The summed E-state index contributed by atoms with van der Waals surface area (Å²) < 4.78 is 0. The summed E-state index contributed by atoms with van der Waals surface area (Å²) in [6.07, 6.45) is 2.91. The first-order valence-corrected chi connectivity index (χ1v) is 5.07. The minimum absolute atomic E-state index is 0.311. The topological polar surface area (TPSA) is 37.8 Å². The monoisotopic (exact) mass is 193 g/mol. The molecule has 0 aromatic carbocycles. The fourth-order valence-electron chi connectivity index (χ4n) is 1.01.